The third-order valence-electron chi connectivity index (χ3n) is 4.85. The van der Waals surface area contributed by atoms with E-state index in [2.05, 4.69) is 10.5 Å². The molecule has 0 radical (unpaired) electrons. The van der Waals surface area contributed by atoms with E-state index in [0.29, 0.717) is 17.2 Å². The predicted octanol–water partition coefficient (Wildman–Crippen LogP) is 3.93. The second-order valence-electron chi connectivity index (χ2n) is 6.88. The third-order valence-corrected chi connectivity index (χ3v) is 4.85. The van der Waals surface area contributed by atoms with E-state index in [-0.39, 0.29) is 5.91 Å². The summed E-state index contributed by atoms with van der Waals surface area (Å²) in [6.45, 7) is 5.65. The number of aromatic nitrogens is 1. The van der Waals surface area contributed by atoms with Crippen molar-refractivity contribution in [1.82, 2.24) is 5.16 Å². The number of nitrogens with zero attached hydrogens (tertiary/aromatic N) is 1. The number of anilines is 1. The van der Waals surface area contributed by atoms with Crippen LogP contribution in [0.2, 0.25) is 0 Å². The molecule has 0 fully saturated rings. The van der Waals surface area contributed by atoms with Crippen molar-refractivity contribution in [3.63, 3.8) is 0 Å². The zero-order valence-electron chi connectivity index (χ0n) is 17.2. The Kier molecular flexibility index (Phi) is 5.89. The first-order valence-corrected chi connectivity index (χ1v) is 9.20. The maximum absolute atomic E-state index is 12.1. The highest BCUT2D eigenvalue weighted by Crippen LogP contribution is 2.38. The minimum atomic E-state index is -0.641. The van der Waals surface area contributed by atoms with Gasteiger partial charge in [0.1, 0.15) is 11.5 Å². The van der Waals surface area contributed by atoms with E-state index in [1.165, 1.54) is 0 Å². The molecule has 7 nitrogen and oxygen atoms in total. The number of nitrogens with one attached hydrogen (secondary N) is 1. The van der Waals surface area contributed by atoms with Crippen LogP contribution in [0.4, 0.5) is 5.69 Å². The van der Waals surface area contributed by atoms with Crippen LogP contribution in [0.1, 0.15) is 18.1 Å². The lowest BCUT2D eigenvalue weighted by molar-refractivity contribution is -0.117. The summed E-state index contributed by atoms with van der Waals surface area (Å²) in [6, 6.07) is 8.79. The highest BCUT2D eigenvalue weighted by Gasteiger charge is 2.18. The van der Waals surface area contributed by atoms with Crippen molar-refractivity contribution in [2.45, 2.75) is 26.8 Å². The molecular formula is C22H25N3O4. The van der Waals surface area contributed by atoms with Crippen molar-refractivity contribution < 1.29 is 18.8 Å². The lowest BCUT2D eigenvalue weighted by Gasteiger charge is -2.14. The zero-order valence-corrected chi connectivity index (χ0v) is 17.2. The van der Waals surface area contributed by atoms with Crippen molar-refractivity contribution in [3.8, 4) is 33.9 Å². The lowest BCUT2D eigenvalue weighted by Crippen LogP contribution is -2.32. The van der Waals surface area contributed by atoms with E-state index in [1.54, 1.807) is 33.4 Å². The van der Waals surface area contributed by atoms with E-state index in [9.17, 15) is 4.79 Å². The molecule has 3 N–H and O–H groups in total. The van der Waals surface area contributed by atoms with Gasteiger partial charge in [-0.15, -0.1) is 0 Å². The number of carbonyl (C=O) groups excluding carboxylic acids is 1. The average molecular weight is 395 g/mol. The number of ether oxygens (including phenoxy) is 2. The van der Waals surface area contributed by atoms with E-state index in [0.717, 1.165) is 33.6 Å². The van der Waals surface area contributed by atoms with Gasteiger partial charge in [-0.1, -0.05) is 11.2 Å². The summed E-state index contributed by atoms with van der Waals surface area (Å²) in [5, 5.41) is 6.79. The third kappa shape index (κ3) is 4.09. The summed E-state index contributed by atoms with van der Waals surface area (Å²) >= 11 is 0. The molecule has 0 aliphatic rings. The van der Waals surface area contributed by atoms with Gasteiger partial charge in [0, 0.05) is 11.1 Å². The predicted molar refractivity (Wildman–Crippen MR) is 112 cm³/mol. The van der Waals surface area contributed by atoms with Gasteiger partial charge < -0.3 is 25.0 Å². The minimum Gasteiger partial charge on any atom is -0.496 e. The number of benzene rings is 2. The van der Waals surface area contributed by atoms with Crippen LogP contribution in [0.25, 0.3) is 22.5 Å². The molecule has 2 aromatic carbocycles. The first-order chi connectivity index (χ1) is 13.8. The average Bonchev–Trinajstić information content (AvgIpc) is 3.19. The molecule has 0 aliphatic carbocycles. The number of methoxy groups -OCH3 is 2. The molecule has 1 unspecified atom stereocenters. The maximum Gasteiger partial charge on any atom is 0.241 e. The molecule has 1 aromatic heterocycles. The number of hydrogen-bond donors (Lipinski definition) is 2. The van der Waals surface area contributed by atoms with Crippen LogP contribution in [0, 0.1) is 13.8 Å². The number of rotatable bonds is 6. The van der Waals surface area contributed by atoms with Crippen LogP contribution >= 0.6 is 0 Å². The number of nitrogens with two attached hydrogens (primary N) is 1. The van der Waals surface area contributed by atoms with Gasteiger partial charge in [0.15, 0.2) is 5.76 Å². The fraction of sp³-hybridized carbons (Fsp3) is 0.273. The van der Waals surface area contributed by atoms with E-state index >= 15 is 0 Å². The summed E-state index contributed by atoms with van der Waals surface area (Å²) in [6.07, 6.45) is 1.65. The number of aryl methyl sites for hydroxylation is 1. The van der Waals surface area contributed by atoms with Gasteiger partial charge in [0.2, 0.25) is 5.91 Å². The maximum atomic E-state index is 12.1. The normalized spacial score (nSPS) is 11.8. The molecule has 3 rings (SSSR count). The molecule has 7 heteroatoms. The number of hydrogen-bond acceptors (Lipinski definition) is 6. The SMILES string of the molecule is COc1ccc(-c2cnoc2-c2cc(C)c(C)c(OC)c2)cc1NC(=O)C(C)N. The van der Waals surface area contributed by atoms with Gasteiger partial charge in [-0.05, 0) is 61.7 Å². The summed E-state index contributed by atoms with van der Waals surface area (Å²) in [5.74, 6) is 1.63. The molecule has 1 amide bonds. The Hall–Kier alpha value is -3.32. The Bertz CT molecular complexity index is 1040. The van der Waals surface area contributed by atoms with Crippen LogP contribution in [-0.4, -0.2) is 31.3 Å². The largest absolute Gasteiger partial charge is 0.496 e. The highest BCUT2D eigenvalue weighted by atomic mass is 16.5. The molecule has 0 bridgehead atoms. The Morgan fingerprint density at radius 1 is 1.10 bits per heavy atom. The monoisotopic (exact) mass is 395 g/mol. The van der Waals surface area contributed by atoms with Gasteiger partial charge in [-0.3, -0.25) is 4.79 Å². The summed E-state index contributed by atoms with van der Waals surface area (Å²) in [5.41, 5.74) is 10.8. The Morgan fingerprint density at radius 2 is 1.83 bits per heavy atom. The van der Waals surface area contributed by atoms with Gasteiger partial charge in [-0.2, -0.15) is 0 Å². The second-order valence-corrected chi connectivity index (χ2v) is 6.88. The van der Waals surface area contributed by atoms with Crippen molar-refractivity contribution in [2.24, 2.45) is 5.73 Å². The van der Waals surface area contributed by atoms with Gasteiger partial charge in [-0.25, -0.2) is 0 Å². The number of amides is 1. The second kappa shape index (κ2) is 8.36. The van der Waals surface area contributed by atoms with Crippen molar-refractivity contribution in [1.29, 1.82) is 0 Å². The van der Waals surface area contributed by atoms with Crippen molar-refractivity contribution in [3.05, 3.63) is 47.7 Å². The first-order valence-electron chi connectivity index (χ1n) is 9.20. The standard InChI is InChI=1S/C22H25N3O4/c1-12-8-16(10-20(28-5)13(12)2)21-17(11-24-29-21)15-6-7-19(27-4)18(9-15)25-22(26)14(3)23/h6-11,14H,23H2,1-5H3,(H,25,26). The fourth-order valence-electron chi connectivity index (χ4n) is 3.04. The quantitative estimate of drug-likeness (QED) is 0.656. The van der Waals surface area contributed by atoms with E-state index in [4.69, 9.17) is 19.7 Å². The Balaban J connectivity index is 2.07. The van der Waals surface area contributed by atoms with Gasteiger partial charge >= 0.3 is 0 Å². The van der Waals surface area contributed by atoms with Gasteiger partial charge in [0.05, 0.1) is 32.1 Å². The molecule has 0 saturated carbocycles. The Labute approximate surface area is 169 Å². The summed E-state index contributed by atoms with van der Waals surface area (Å²) in [4.78, 5) is 12.1. The molecule has 29 heavy (non-hydrogen) atoms. The molecular weight excluding hydrogens is 370 g/mol. The van der Waals surface area contributed by atoms with E-state index in [1.807, 2.05) is 38.1 Å². The summed E-state index contributed by atoms with van der Waals surface area (Å²) < 4.78 is 16.4. The Morgan fingerprint density at radius 3 is 2.48 bits per heavy atom. The van der Waals surface area contributed by atoms with Crippen LogP contribution in [0.5, 0.6) is 11.5 Å². The van der Waals surface area contributed by atoms with Crippen molar-refractivity contribution in [2.75, 3.05) is 19.5 Å². The van der Waals surface area contributed by atoms with Crippen LogP contribution < -0.4 is 20.5 Å². The summed E-state index contributed by atoms with van der Waals surface area (Å²) in [7, 11) is 3.19. The highest BCUT2D eigenvalue weighted by molar-refractivity contribution is 5.96. The van der Waals surface area contributed by atoms with Crippen molar-refractivity contribution >= 4 is 11.6 Å². The molecule has 3 aromatic rings. The molecule has 0 spiro atoms. The van der Waals surface area contributed by atoms with Crippen LogP contribution in [0.15, 0.2) is 41.1 Å². The van der Waals surface area contributed by atoms with Crippen LogP contribution in [-0.2, 0) is 4.79 Å². The molecule has 0 saturated heterocycles. The van der Waals surface area contributed by atoms with Gasteiger partial charge in [0.25, 0.3) is 0 Å². The zero-order chi connectivity index (χ0) is 21.1. The minimum absolute atomic E-state index is 0.301. The molecule has 152 valence electrons. The molecule has 0 aliphatic heterocycles. The molecule has 1 heterocycles. The smallest absolute Gasteiger partial charge is 0.241 e. The fourth-order valence-corrected chi connectivity index (χ4v) is 3.04. The number of carbonyl (C=O) groups is 1. The molecule has 1 atom stereocenters. The lowest BCUT2D eigenvalue weighted by atomic mass is 9.98. The van der Waals surface area contributed by atoms with E-state index < -0.39 is 6.04 Å². The van der Waals surface area contributed by atoms with Crippen LogP contribution in [0.3, 0.4) is 0 Å². The first kappa shape index (κ1) is 20.4. The topological polar surface area (TPSA) is 99.6 Å².